The molecule has 0 heterocycles. The monoisotopic (exact) mass is 227 g/mol. The van der Waals surface area contributed by atoms with E-state index in [1.54, 1.807) is 18.2 Å². The first-order valence-electron chi connectivity index (χ1n) is 5.09. The molecular weight excluding hydrogens is 210 g/mol. The van der Waals surface area contributed by atoms with E-state index < -0.39 is 10.0 Å². The summed E-state index contributed by atoms with van der Waals surface area (Å²) in [7, 11) is -3.29. The summed E-state index contributed by atoms with van der Waals surface area (Å²) in [5.74, 6) is 0. The van der Waals surface area contributed by atoms with Crippen molar-refractivity contribution in [1.29, 1.82) is 0 Å². The molecular formula is C11H17NO2S. The highest BCUT2D eigenvalue weighted by Gasteiger charge is 2.20. The lowest BCUT2D eigenvalue weighted by Gasteiger charge is -2.18. The maximum absolute atomic E-state index is 12.1. The zero-order valence-electron chi connectivity index (χ0n) is 9.40. The first kappa shape index (κ1) is 12.2. The Balaban J connectivity index is 3.16. The van der Waals surface area contributed by atoms with Crippen molar-refractivity contribution in [2.75, 3.05) is 13.1 Å². The van der Waals surface area contributed by atoms with Gasteiger partial charge in [0.05, 0.1) is 4.90 Å². The second-order valence-corrected chi connectivity index (χ2v) is 5.34. The number of rotatable bonds is 4. The maximum Gasteiger partial charge on any atom is 0.243 e. The molecule has 0 aliphatic carbocycles. The summed E-state index contributed by atoms with van der Waals surface area (Å²) in [6, 6.07) is 7.00. The second-order valence-electron chi connectivity index (χ2n) is 3.41. The summed E-state index contributed by atoms with van der Waals surface area (Å²) in [6.07, 6.45) is 0. The van der Waals surface area contributed by atoms with Gasteiger partial charge in [-0.15, -0.1) is 0 Å². The molecule has 1 aromatic carbocycles. The molecule has 0 saturated heterocycles. The molecule has 0 fully saturated rings. The molecule has 84 valence electrons. The Morgan fingerprint density at radius 3 is 2.27 bits per heavy atom. The number of hydrogen-bond donors (Lipinski definition) is 0. The van der Waals surface area contributed by atoms with Crippen molar-refractivity contribution in [3.05, 3.63) is 29.8 Å². The van der Waals surface area contributed by atoms with Crippen LogP contribution < -0.4 is 0 Å². The Kier molecular flexibility index (Phi) is 3.88. The first-order valence-corrected chi connectivity index (χ1v) is 6.53. The lowest BCUT2D eigenvalue weighted by atomic mass is 10.2. The fourth-order valence-electron chi connectivity index (χ4n) is 1.49. The average Bonchev–Trinajstić information content (AvgIpc) is 2.19. The highest BCUT2D eigenvalue weighted by Crippen LogP contribution is 2.16. The van der Waals surface area contributed by atoms with Gasteiger partial charge in [-0.25, -0.2) is 8.42 Å². The maximum atomic E-state index is 12.1. The normalized spacial score (nSPS) is 12.0. The van der Waals surface area contributed by atoms with Crippen molar-refractivity contribution in [1.82, 2.24) is 4.31 Å². The van der Waals surface area contributed by atoms with E-state index in [0.717, 1.165) is 5.56 Å². The topological polar surface area (TPSA) is 37.4 Å². The molecule has 0 aliphatic heterocycles. The van der Waals surface area contributed by atoms with Crippen LogP contribution >= 0.6 is 0 Å². The van der Waals surface area contributed by atoms with Gasteiger partial charge in [-0.3, -0.25) is 0 Å². The van der Waals surface area contributed by atoms with Gasteiger partial charge < -0.3 is 0 Å². The van der Waals surface area contributed by atoms with Gasteiger partial charge in [0.1, 0.15) is 0 Å². The van der Waals surface area contributed by atoms with Gasteiger partial charge in [0.2, 0.25) is 10.0 Å². The average molecular weight is 227 g/mol. The minimum atomic E-state index is -3.29. The third-order valence-electron chi connectivity index (χ3n) is 2.33. The number of benzene rings is 1. The van der Waals surface area contributed by atoms with Crippen molar-refractivity contribution >= 4 is 10.0 Å². The van der Waals surface area contributed by atoms with E-state index in [9.17, 15) is 8.42 Å². The summed E-state index contributed by atoms with van der Waals surface area (Å²) in [5.41, 5.74) is 0.961. The number of nitrogens with zero attached hydrogens (tertiary/aromatic N) is 1. The van der Waals surface area contributed by atoms with Crippen LogP contribution in [0.3, 0.4) is 0 Å². The van der Waals surface area contributed by atoms with Gasteiger partial charge in [-0.1, -0.05) is 26.0 Å². The lowest BCUT2D eigenvalue weighted by Crippen LogP contribution is -2.30. The van der Waals surface area contributed by atoms with E-state index in [2.05, 4.69) is 0 Å². The molecule has 15 heavy (non-hydrogen) atoms. The molecule has 3 nitrogen and oxygen atoms in total. The number of sulfonamides is 1. The Bertz CT molecular complexity index is 422. The zero-order valence-corrected chi connectivity index (χ0v) is 10.2. The number of hydrogen-bond acceptors (Lipinski definition) is 2. The van der Waals surface area contributed by atoms with E-state index in [1.165, 1.54) is 4.31 Å². The van der Waals surface area contributed by atoms with E-state index in [4.69, 9.17) is 0 Å². The Morgan fingerprint density at radius 2 is 1.80 bits per heavy atom. The molecule has 4 heteroatoms. The van der Waals surface area contributed by atoms with Crippen molar-refractivity contribution in [2.45, 2.75) is 25.7 Å². The van der Waals surface area contributed by atoms with Crippen LogP contribution in [0.25, 0.3) is 0 Å². The lowest BCUT2D eigenvalue weighted by molar-refractivity contribution is 0.445. The molecule has 0 aliphatic rings. The summed E-state index contributed by atoms with van der Waals surface area (Å²) in [6.45, 7) is 6.59. The summed E-state index contributed by atoms with van der Waals surface area (Å²) in [4.78, 5) is 0.381. The van der Waals surface area contributed by atoms with E-state index in [0.29, 0.717) is 18.0 Å². The summed E-state index contributed by atoms with van der Waals surface area (Å²) < 4.78 is 25.6. The molecule has 0 bridgehead atoms. The SMILES string of the molecule is CCN(CC)S(=O)(=O)c1cccc(C)c1. The van der Waals surface area contributed by atoms with Crippen LogP contribution in [-0.2, 0) is 10.0 Å². The fraction of sp³-hybridized carbons (Fsp3) is 0.455. The van der Waals surface area contributed by atoms with E-state index in [1.807, 2.05) is 26.8 Å². The highest BCUT2D eigenvalue weighted by molar-refractivity contribution is 7.89. The third kappa shape index (κ3) is 2.58. The molecule has 0 aromatic heterocycles. The fourth-order valence-corrected chi connectivity index (χ4v) is 3.05. The second kappa shape index (κ2) is 4.77. The Morgan fingerprint density at radius 1 is 1.20 bits per heavy atom. The molecule has 1 aromatic rings. The zero-order chi connectivity index (χ0) is 11.5. The minimum absolute atomic E-state index is 0.381. The van der Waals surface area contributed by atoms with Gasteiger partial charge in [-0.05, 0) is 24.6 Å². The van der Waals surface area contributed by atoms with Crippen molar-refractivity contribution in [3.63, 3.8) is 0 Å². The Hall–Kier alpha value is -0.870. The van der Waals surface area contributed by atoms with Crippen LogP contribution in [0.1, 0.15) is 19.4 Å². The standard InChI is InChI=1S/C11H17NO2S/c1-4-12(5-2)15(13,14)11-8-6-7-10(3)9-11/h6-9H,4-5H2,1-3H3. The predicted octanol–water partition coefficient (Wildman–Crippen LogP) is 2.03. The number of aryl methyl sites for hydroxylation is 1. The van der Waals surface area contributed by atoms with E-state index in [-0.39, 0.29) is 0 Å². The summed E-state index contributed by atoms with van der Waals surface area (Å²) >= 11 is 0. The summed E-state index contributed by atoms with van der Waals surface area (Å²) in [5, 5.41) is 0. The van der Waals surface area contributed by atoms with Crippen molar-refractivity contribution < 1.29 is 8.42 Å². The molecule has 0 spiro atoms. The van der Waals surface area contributed by atoms with Crippen LogP contribution in [-0.4, -0.2) is 25.8 Å². The van der Waals surface area contributed by atoms with Gasteiger partial charge >= 0.3 is 0 Å². The van der Waals surface area contributed by atoms with Gasteiger partial charge in [0, 0.05) is 13.1 Å². The van der Waals surface area contributed by atoms with Gasteiger partial charge in [0.25, 0.3) is 0 Å². The first-order chi connectivity index (χ1) is 7.02. The van der Waals surface area contributed by atoms with Crippen LogP contribution in [0.2, 0.25) is 0 Å². The predicted molar refractivity (Wildman–Crippen MR) is 61.3 cm³/mol. The van der Waals surface area contributed by atoms with E-state index >= 15 is 0 Å². The molecule has 0 saturated carbocycles. The van der Waals surface area contributed by atoms with Gasteiger partial charge in [0.15, 0.2) is 0 Å². The van der Waals surface area contributed by atoms with Crippen LogP contribution in [0.4, 0.5) is 0 Å². The molecule has 0 N–H and O–H groups in total. The Labute approximate surface area is 91.8 Å². The minimum Gasteiger partial charge on any atom is -0.207 e. The molecule has 0 unspecified atom stereocenters. The molecule has 0 amide bonds. The van der Waals surface area contributed by atoms with Gasteiger partial charge in [-0.2, -0.15) is 4.31 Å². The largest absolute Gasteiger partial charge is 0.243 e. The molecule has 0 atom stereocenters. The van der Waals surface area contributed by atoms with Crippen molar-refractivity contribution in [2.24, 2.45) is 0 Å². The van der Waals surface area contributed by atoms with Crippen LogP contribution in [0.5, 0.6) is 0 Å². The highest BCUT2D eigenvalue weighted by atomic mass is 32.2. The molecule has 1 rings (SSSR count). The molecule has 0 radical (unpaired) electrons. The quantitative estimate of drug-likeness (QED) is 0.789. The third-order valence-corrected chi connectivity index (χ3v) is 4.38. The smallest absolute Gasteiger partial charge is 0.207 e. The van der Waals surface area contributed by atoms with Crippen LogP contribution in [0, 0.1) is 6.92 Å². The van der Waals surface area contributed by atoms with Crippen molar-refractivity contribution in [3.8, 4) is 0 Å². The van der Waals surface area contributed by atoms with Crippen LogP contribution in [0.15, 0.2) is 29.2 Å².